The number of rotatable bonds is 4. The largest absolute Gasteiger partial charge is 0.466 e. The van der Waals surface area contributed by atoms with Gasteiger partial charge in [0.05, 0.1) is 18.3 Å². The Labute approximate surface area is 96.8 Å². The third-order valence-electron chi connectivity index (χ3n) is 2.88. The predicted molar refractivity (Wildman–Crippen MR) is 58.1 cm³/mol. The highest BCUT2D eigenvalue weighted by Gasteiger charge is 2.39. The van der Waals surface area contributed by atoms with Crippen LogP contribution in [0.4, 0.5) is 4.39 Å². The standard InChI is InChI=1S/C10H17FO4S/c1-2-15-9(12)8-3-5-10(11,6-4-8)7-16(13)14/h8H,2-7H2,1H3,(H,13,14). The molecule has 1 N–H and O–H groups in total. The fourth-order valence-corrected chi connectivity index (χ4v) is 2.73. The van der Waals surface area contributed by atoms with E-state index in [2.05, 4.69) is 0 Å². The molecule has 94 valence electrons. The number of carbonyl (C=O) groups excluding carboxylic acids is 1. The normalized spacial score (nSPS) is 32.1. The van der Waals surface area contributed by atoms with Gasteiger partial charge in [-0.05, 0) is 32.6 Å². The van der Waals surface area contributed by atoms with Gasteiger partial charge in [-0.3, -0.25) is 4.79 Å². The van der Waals surface area contributed by atoms with Gasteiger partial charge >= 0.3 is 5.97 Å². The molecule has 0 heterocycles. The zero-order chi connectivity index (χ0) is 12.2. The molecular weight excluding hydrogens is 235 g/mol. The van der Waals surface area contributed by atoms with Crippen LogP contribution in [0.5, 0.6) is 0 Å². The highest BCUT2D eigenvalue weighted by Crippen LogP contribution is 2.36. The van der Waals surface area contributed by atoms with Crippen LogP contribution >= 0.6 is 0 Å². The number of alkyl halides is 1. The van der Waals surface area contributed by atoms with E-state index < -0.39 is 16.7 Å². The molecule has 0 aromatic carbocycles. The molecule has 1 fully saturated rings. The zero-order valence-corrected chi connectivity index (χ0v) is 10.1. The molecule has 1 rings (SSSR count). The van der Waals surface area contributed by atoms with Crippen molar-refractivity contribution in [2.24, 2.45) is 5.92 Å². The first-order chi connectivity index (χ1) is 7.47. The van der Waals surface area contributed by atoms with Crippen LogP contribution in [0.15, 0.2) is 0 Å². The Morgan fingerprint density at radius 1 is 1.56 bits per heavy atom. The van der Waals surface area contributed by atoms with Crippen molar-refractivity contribution in [3.63, 3.8) is 0 Å². The number of hydrogen-bond acceptors (Lipinski definition) is 3. The number of carbonyl (C=O) groups is 1. The Hall–Kier alpha value is -0.490. The highest BCUT2D eigenvalue weighted by atomic mass is 32.2. The van der Waals surface area contributed by atoms with Crippen molar-refractivity contribution in [2.45, 2.75) is 38.3 Å². The summed E-state index contributed by atoms with van der Waals surface area (Å²) >= 11 is -2.12. The lowest BCUT2D eigenvalue weighted by molar-refractivity contribution is -0.150. The van der Waals surface area contributed by atoms with Gasteiger partial charge in [0.25, 0.3) is 0 Å². The van der Waals surface area contributed by atoms with Crippen molar-refractivity contribution in [1.82, 2.24) is 0 Å². The summed E-state index contributed by atoms with van der Waals surface area (Å²) in [6.07, 6.45) is 1.10. The van der Waals surface area contributed by atoms with Crippen LogP contribution in [0.25, 0.3) is 0 Å². The Balaban J connectivity index is 2.44. The number of hydrogen-bond donors (Lipinski definition) is 1. The third-order valence-corrected chi connectivity index (χ3v) is 3.65. The van der Waals surface area contributed by atoms with Crippen LogP contribution in [-0.4, -0.2) is 32.8 Å². The van der Waals surface area contributed by atoms with Gasteiger partial charge in [0, 0.05) is 0 Å². The second-order valence-corrected chi connectivity index (χ2v) is 5.07. The van der Waals surface area contributed by atoms with Crippen LogP contribution in [0.1, 0.15) is 32.6 Å². The van der Waals surface area contributed by atoms with E-state index in [1.54, 1.807) is 6.92 Å². The minimum Gasteiger partial charge on any atom is -0.466 e. The SMILES string of the molecule is CCOC(=O)C1CCC(F)(CS(=O)O)CC1. The lowest BCUT2D eigenvalue weighted by atomic mass is 9.81. The van der Waals surface area contributed by atoms with Gasteiger partial charge < -0.3 is 9.29 Å². The molecule has 0 bridgehead atoms. The molecule has 0 spiro atoms. The van der Waals surface area contributed by atoms with E-state index in [0.717, 1.165) is 0 Å². The maximum Gasteiger partial charge on any atom is 0.308 e. The molecule has 0 saturated heterocycles. The predicted octanol–water partition coefficient (Wildman–Crippen LogP) is 1.67. The first kappa shape index (κ1) is 13.6. The summed E-state index contributed by atoms with van der Waals surface area (Å²) in [6.45, 7) is 2.06. The molecule has 0 radical (unpaired) electrons. The molecule has 0 aromatic rings. The van der Waals surface area contributed by atoms with Gasteiger partial charge in [0.2, 0.25) is 0 Å². The van der Waals surface area contributed by atoms with E-state index in [4.69, 9.17) is 9.29 Å². The minimum absolute atomic E-state index is 0.156. The fraction of sp³-hybridized carbons (Fsp3) is 0.900. The van der Waals surface area contributed by atoms with Crippen LogP contribution in [0, 0.1) is 5.92 Å². The second-order valence-electron chi connectivity index (χ2n) is 4.14. The van der Waals surface area contributed by atoms with Crippen molar-refractivity contribution in [3.8, 4) is 0 Å². The molecule has 1 saturated carbocycles. The lowest BCUT2D eigenvalue weighted by Gasteiger charge is -2.31. The summed E-state index contributed by atoms with van der Waals surface area (Å²) in [5.74, 6) is -0.895. The van der Waals surface area contributed by atoms with E-state index >= 15 is 0 Å². The first-order valence-electron chi connectivity index (χ1n) is 5.40. The average Bonchev–Trinajstić information content (AvgIpc) is 2.17. The monoisotopic (exact) mass is 252 g/mol. The molecule has 16 heavy (non-hydrogen) atoms. The summed E-state index contributed by atoms with van der Waals surface area (Å²) < 4.78 is 38.0. The van der Waals surface area contributed by atoms with E-state index in [0.29, 0.717) is 19.4 Å². The summed E-state index contributed by atoms with van der Waals surface area (Å²) in [5.41, 5.74) is -1.59. The van der Waals surface area contributed by atoms with Crippen LogP contribution in [0.3, 0.4) is 0 Å². The van der Waals surface area contributed by atoms with Crippen molar-refractivity contribution >= 4 is 17.0 Å². The lowest BCUT2D eigenvalue weighted by Crippen LogP contribution is -2.37. The van der Waals surface area contributed by atoms with E-state index in [-0.39, 0.29) is 30.5 Å². The Morgan fingerprint density at radius 3 is 2.56 bits per heavy atom. The summed E-state index contributed by atoms with van der Waals surface area (Å²) in [7, 11) is 0. The average molecular weight is 252 g/mol. The van der Waals surface area contributed by atoms with Crippen molar-refractivity contribution < 1.29 is 22.7 Å². The van der Waals surface area contributed by atoms with Gasteiger partial charge in [-0.25, -0.2) is 8.60 Å². The molecular formula is C10H17FO4S. The molecule has 0 aromatic heterocycles. The molecule has 1 atom stereocenters. The number of esters is 1. The minimum atomic E-state index is -2.12. The maximum atomic E-state index is 13.9. The highest BCUT2D eigenvalue weighted by molar-refractivity contribution is 7.79. The quantitative estimate of drug-likeness (QED) is 0.610. The second kappa shape index (κ2) is 5.72. The van der Waals surface area contributed by atoms with Crippen LogP contribution < -0.4 is 0 Å². The van der Waals surface area contributed by atoms with Crippen molar-refractivity contribution in [3.05, 3.63) is 0 Å². The Kier molecular flexibility index (Phi) is 4.86. The smallest absolute Gasteiger partial charge is 0.308 e. The summed E-state index contributed by atoms with van der Waals surface area (Å²) in [4.78, 5) is 11.4. The molecule has 1 aliphatic carbocycles. The Morgan fingerprint density at radius 2 is 2.12 bits per heavy atom. The molecule has 1 aliphatic rings. The Bertz CT molecular complexity index is 274. The maximum absolute atomic E-state index is 13.9. The molecule has 0 aliphatic heterocycles. The fourth-order valence-electron chi connectivity index (χ4n) is 2.00. The topological polar surface area (TPSA) is 63.6 Å². The summed E-state index contributed by atoms with van der Waals surface area (Å²) in [5, 5.41) is 0. The van der Waals surface area contributed by atoms with Gasteiger partial charge in [-0.2, -0.15) is 0 Å². The molecule has 6 heteroatoms. The van der Waals surface area contributed by atoms with Gasteiger partial charge in [-0.15, -0.1) is 0 Å². The van der Waals surface area contributed by atoms with Crippen molar-refractivity contribution in [1.29, 1.82) is 0 Å². The van der Waals surface area contributed by atoms with Crippen LogP contribution in [0.2, 0.25) is 0 Å². The van der Waals surface area contributed by atoms with Crippen LogP contribution in [-0.2, 0) is 20.6 Å². The number of halogens is 1. The third kappa shape index (κ3) is 3.83. The number of ether oxygens (including phenoxy) is 1. The van der Waals surface area contributed by atoms with Crippen molar-refractivity contribution in [2.75, 3.05) is 12.4 Å². The zero-order valence-electron chi connectivity index (χ0n) is 9.28. The summed E-state index contributed by atoms with van der Waals surface area (Å²) in [6, 6.07) is 0. The van der Waals surface area contributed by atoms with Gasteiger partial charge in [-0.1, -0.05) is 0 Å². The van der Waals surface area contributed by atoms with Gasteiger partial charge in [0.1, 0.15) is 5.67 Å². The van der Waals surface area contributed by atoms with E-state index in [1.165, 1.54) is 0 Å². The molecule has 4 nitrogen and oxygen atoms in total. The van der Waals surface area contributed by atoms with Gasteiger partial charge in [0.15, 0.2) is 11.1 Å². The van der Waals surface area contributed by atoms with E-state index in [9.17, 15) is 13.4 Å². The molecule has 0 amide bonds. The van der Waals surface area contributed by atoms with E-state index in [1.807, 2.05) is 0 Å². The molecule has 1 unspecified atom stereocenters. The first-order valence-corrected chi connectivity index (χ1v) is 6.67.